The second-order valence-corrected chi connectivity index (χ2v) is 6.90. The van der Waals surface area contributed by atoms with E-state index in [0.29, 0.717) is 5.92 Å². The van der Waals surface area contributed by atoms with Crippen LogP contribution < -0.4 is 5.32 Å². The molecule has 3 rings (SSSR count). The number of carbonyl (C=O) groups excluding carboxylic acids is 1. The summed E-state index contributed by atoms with van der Waals surface area (Å²) in [6, 6.07) is 5.05. The van der Waals surface area contributed by atoms with Crippen LogP contribution in [0.5, 0.6) is 0 Å². The number of ether oxygens (including phenoxy) is 1. The van der Waals surface area contributed by atoms with Crippen LogP contribution in [0.3, 0.4) is 0 Å². The summed E-state index contributed by atoms with van der Waals surface area (Å²) in [5.74, 6) is 0.170. The number of hydrogen-bond donors (Lipinski definition) is 1. The minimum Gasteiger partial charge on any atom is -0.381 e. The van der Waals surface area contributed by atoms with Gasteiger partial charge in [0.1, 0.15) is 0 Å². The Hall–Kier alpha value is -1.64. The van der Waals surface area contributed by atoms with Gasteiger partial charge in [0.05, 0.1) is 24.4 Å². The normalized spacial score (nSPS) is 22.5. The second kappa shape index (κ2) is 8.37. The molecule has 0 saturated carbocycles. The predicted octanol–water partition coefficient (Wildman–Crippen LogP) is 2.30. The largest absolute Gasteiger partial charge is 0.418 e. The van der Waals surface area contributed by atoms with E-state index < -0.39 is 17.6 Å². The van der Waals surface area contributed by atoms with Crippen molar-refractivity contribution in [1.29, 1.82) is 0 Å². The molecule has 1 atom stereocenters. The summed E-state index contributed by atoms with van der Waals surface area (Å²) in [6.45, 7) is 5.98. The van der Waals surface area contributed by atoms with Gasteiger partial charge in [0.2, 0.25) is 5.91 Å². The van der Waals surface area contributed by atoms with Gasteiger partial charge in [-0.1, -0.05) is 12.1 Å². The number of nitrogens with zero attached hydrogens (tertiary/aromatic N) is 2. The Balaban J connectivity index is 1.46. The molecular formula is C18H24F3N3O2. The summed E-state index contributed by atoms with van der Waals surface area (Å²) >= 11 is 0. The Morgan fingerprint density at radius 1 is 1.15 bits per heavy atom. The van der Waals surface area contributed by atoms with Crippen molar-refractivity contribution >= 4 is 11.6 Å². The van der Waals surface area contributed by atoms with E-state index in [0.717, 1.165) is 58.4 Å². The Morgan fingerprint density at radius 3 is 2.50 bits per heavy atom. The minimum absolute atomic E-state index is 0.104. The molecule has 0 aliphatic carbocycles. The molecule has 1 N–H and O–H groups in total. The maximum absolute atomic E-state index is 13.0. The van der Waals surface area contributed by atoms with Crippen molar-refractivity contribution in [2.75, 3.05) is 57.8 Å². The number of rotatable bonds is 5. The van der Waals surface area contributed by atoms with Gasteiger partial charge < -0.3 is 15.0 Å². The summed E-state index contributed by atoms with van der Waals surface area (Å²) in [6.07, 6.45) is -3.39. The Kier molecular flexibility index (Phi) is 6.16. The minimum atomic E-state index is -4.49. The third kappa shape index (κ3) is 5.18. The van der Waals surface area contributed by atoms with E-state index in [1.165, 1.54) is 18.2 Å². The van der Waals surface area contributed by atoms with E-state index in [4.69, 9.17) is 4.74 Å². The van der Waals surface area contributed by atoms with E-state index in [9.17, 15) is 18.0 Å². The van der Waals surface area contributed by atoms with Gasteiger partial charge in [-0.05, 0) is 24.5 Å². The summed E-state index contributed by atoms with van der Waals surface area (Å²) in [4.78, 5) is 16.5. The highest BCUT2D eigenvalue weighted by Gasteiger charge is 2.33. The highest BCUT2D eigenvalue weighted by atomic mass is 19.4. The SMILES string of the molecule is O=C(CN1CCN(C[C@H]2CCOC2)CC1)Nc1ccccc1C(F)(F)F. The van der Waals surface area contributed by atoms with Gasteiger partial charge >= 0.3 is 6.18 Å². The van der Waals surface area contributed by atoms with Crippen molar-refractivity contribution in [3.05, 3.63) is 29.8 Å². The number of para-hydroxylation sites is 1. The number of benzene rings is 1. The fraction of sp³-hybridized carbons (Fsp3) is 0.611. The quantitative estimate of drug-likeness (QED) is 0.863. The average Bonchev–Trinajstić information content (AvgIpc) is 3.09. The Morgan fingerprint density at radius 2 is 1.85 bits per heavy atom. The highest BCUT2D eigenvalue weighted by molar-refractivity contribution is 5.93. The first kappa shape index (κ1) is 19.1. The molecule has 0 unspecified atom stereocenters. The van der Waals surface area contributed by atoms with Crippen molar-refractivity contribution < 1.29 is 22.7 Å². The van der Waals surface area contributed by atoms with Gasteiger partial charge in [-0.3, -0.25) is 9.69 Å². The first-order valence-corrected chi connectivity index (χ1v) is 8.90. The molecule has 8 heteroatoms. The van der Waals surface area contributed by atoms with E-state index in [1.54, 1.807) is 0 Å². The predicted molar refractivity (Wildman–Crippen MR) is 91.9 cm³/mol. The third-order valence-electron chi connectivity index (χ3n) is 4.88. The maximum atomic E-state index is 13.0. The van der Waals surface area contributed by atoms with Gasteiger partial charge in [0.25, 0.3) is 0 Å². The molecule has 5 nitrogen and oxygen atoms in total. The lowest BCUT2D eigenvalue weighted by Gasteiger charge is -2.35. The zero-order chi connectivity index (χ0) is 18.6. The molecule has 1 aromatic rings. The van der Waals surface area contributed by atoms with Crippen LogP contribution in [0.1, 0.15) is 12.0 Å². The molecule has 0 spiro atoms. The molecule has 2 aliphatic rings. The standard InChI is InChI=1S/C18H24F3N3O2/c19-18(20,21)15-3-1-2-4-16(15)22-17(25)12-24-8-6-23(7-9-24)11-14-5-10-26-13-14/h1-4,14H,5-13H2,(H,22,25)/t14-/m1/s1. The van der Waals surface area contributed by atoms with Gasteiger partial charge in [-0.15, -0.1) is 0 Å². The Bertz CT molecular complexity index is 610. The lowest BCUT2D eigenvalue weighted by Crippen LogP contribution is -2.49. The van der Waals surface area contributed by atoms with Gasteiger partial charge in [-0.2, -0.15) is 13.2 Å². The van der Waals surface area contributed by atoms with Crippen molar-refractivity contribution in [2.24, 2.45) is 5.92 Å². The van der Waals surface area contributed by atoms with Crippen molar-refractivity contribution in [3.8, 4) is 0 Å². The van der Waals surface area contributed by atoms with Crippen molar-refractivity contribution in [2.45, 2.75) is 12.6 Å². The average molecular weight is 371 g/mol. The number of amides is 1. The zero-order valence-electron chi connectivity index (χ0n) is 14.6. The Labute approximate surface area is 151 Å². The smallest absolute Gasteiger partial charge is 0.381 e. The first-order valence-electron chi connectivity index (χ1n) is 8.90. The summed E-state index contributed by atoms with van der Waals surface area (Å²) in [7, 11) is 0. The number of halogens is 3. The maximum Gasteiger partial charge on any atom is 0.418 e. The molecule has 2 saturated heterocycles. The molecular weight excluding hydrogens is 347 g/mol. The second-order valence-electron chi connectivity index (χ2n) is 6.90. The topological polar surface area (TPSA) is 44.8 Å². The molecule has 2 aliphatic heterocycles. The van der Waals surface area contributed by atoms with Crippen LogP contribution in [0.2, 0.25) is 0 Å². The van der Waals surface area contributed by atoms with Gasteiger partial charge in [0.15, 0.2) is 0 Å². The van der Waals surface area contributed by atoms with Crippen LogP contribution in [0.4, 0.5) is 18.9 Å². The van der Waals surface area contributed by atoms with Crippen molar-refractivity contribution in [3.63, 3.8) is 0 Å². The van der Waals surface area contributed by atoms with Gasteiger partial charge in [0, 0.05) is 39.3 Å². The fourth-order valence-corrected chi connectivity index (χ4v) is 3.45. The molecule has 1 aromatic carbocycles. The van der Waals surface area contributed by atoms with E-state index >= 15 is 0 Å². The van der Waals surface area contributed by atoms with E-state index in [1.807, 2.05) is 4.90 Å². The van der Waals surface area contributed by atoms with Gasteiger partial charge in [-0.25, -0.2) is 0 Å². The summed E-state index contributed by atoms with van der Waals surface area (Å²) < 4.78 is 44.4. The molecule has 144 valence electrons. The number of alkyl halides is 3. The van der Waals surface area contributed by atoms with Crippen LogP contribution in [0.25, 0.3) is 0 Å². The number of carbonyl (C=O) groups is 1. The van der Waals surface area contributed by atoms with Crippen LogP contribution in [-0.2, 0) is 15.7 Å². The highest BCUT2D eigenvalue weighted by Crippen LogP contribution is 2.34. The van der Waals surface area contributed by atoms with Crippen molar-refractivity contribution in [1.82, 2.24) is 9.80 Å². The number of hydrogen-bond acceptors (Lipinski definition) is 4. The van der Waals surface area contributed by atoms with Crippen LogP contribution in [0, 0.1) is 5.92 Å². The monoisotopic (exact) mass is 371 g/mol. The van der Waals surface area contributed by atoms with Crippen LogP contribution in [-0.4, -0.2) is 68.2 Å². The molecule has 2 heterocycles. The first-order chi connectivity index (χ1) is 12.4. The molecule has 0 radical (unpaired) electrons. The number of anilines is 1. The number of nitrogens with one attached hydrogen (secondary N) is 1. The molecule has 2 fully saturated rings. The lowest BCUT2D eigenvalue weighted by molar-refractivity contribution is -0.137. The van der Waals surface area contributed by atoms with Crippen LogP contribution >= 0.6 is 0 Å². The molecule has 0 aromatic heterocycles. The lowest BCUT2D eigenvalue weighted by atomic mass is 10.1. The number of piperazine rings is 1. The third-order valence-corrected chi connectivity index (χ3v) is 4.88. The van der Waals surface area contributed by atoms with Crippen LogP contribution in [0.15, 0.2) is 24.3 Å². The van der Waals surface area contributed by atoms with E-state index in [-0.39, 0.29) is 12.2 Å². The molecule has 26 heavy (non-hydrogen) atoms. The summed E-state index contributed by atoms with van der Waals surface area (Å²) in [5, 5.41) is 2.40. The van der Waals surface area contributed by atoms with E-state index in [2.05, 4.69) is 10.2 Å². The fourth-order valence-electron chi connectivity index (χ4n) is 3.45. The molecule has 1 amide bonds. The zero-order valence-corrected chi connectivity index (χ0v) is 14.6. The summed E-state index contributed by atoms with van der Waals surface area (Å²) in [5.41, 5.74) is -1.01. The molecule has 0 bridgehead atoms.